The van der Waals surface area contributed by atoms with Crippen LogP contribution in [0.3, 0.4) is 0 Å². The average Bonchev–Trinajstić information content (AvgIpc) is 2.73. The van der Waals surface area contributed by atoms with E-state index in [1.165, 1.54) is 17.8 Å². The summed E-state index contributed by atoms with van der Waals surface area (Å²) in [5, 5.41) is 2.99. The molecule has 0 fully saturated rings. The Labute approximate surface area is 180 Å². The maximum absolute atomic E-state index is 13.9. The van der Waals surface area contributed by atoms with E-state index in [1.54, 1.807) is 24.1 Å². The molecule has 0 saturated carbocycles. The summed E-state index contributed by atoms with van der Waals surface area (Å²) in [6, 6.07) is 13.8. The predicted octanol–water partition coefficient (Wildman–Crippen LogP) is 4.31. The second kappa shape index (κ2) is 11.8. The molecule has 0 aliphatic heterocycles. The molecule has 4 nitrogen and oxygen atoms in total. The van der Waals surface area contributed by atoms with Crippen molar-refractivity contribution in [2.75, 3.05) is 19.3 Å². The Morgan fingerprint density at radius 3 is 2.52 bits per heavy atom. The standard InChI is InChI=1S/C22H26ClFN2O2S/c1-3-20(22(28)25-2)26(13-12-16-8-5-4-6-9-16)21(27)15-29-14-17-18(23)10-7-11-19(17)24/h4-11,20H,3,12-15H2,1-2H3,(H,25,28). The van der Waals surface area contributed by atoms with Gasteiger partial charge in [-0.3, -0.25) is 9.59 Å². The Balaban J connectivity index is 2.05. The quantitative estimate of drug-likeness (QED) is 0.603. The van der Waals surface area contributed by atoms with E-state index in [9.17, 15) is 14.0 Å². The van der Waals surface area contributed by atoms with Gasteiger partial charge in [0, 0.05) is 29.9 Å². The minimum absolute atomic E-state index is 0.145. The number of amides is 2. The zero-order valence-corrected chi connectivity index (χ0v) is 18.2. The van der Waals surface area contributed by atoms with Crippen molar-refractivity contribution in [3.05, 3.63) is 70.5 Å². The van der Waals surface area contributed by atoms with E-state index in [0.29, 0.717) is 35.7 Å². The zero-order chi connectivity index (χ0) is 21.2. The molecule has 1 atom stereocenters. The molecule has 1 unspecified atom stereocenters. The third-order valence-electron chi connectivity index (χ3n) is 4.65. The minimum Gasteiger partial charge on any atom is -0.357 e. The number of nitrogens with zero attached hydrogens (tertiary/aromatic N) is 1. The largest absolute Gasteiger partial charge is 0.357 e. The molecule has 156 valence electrons. The normalized spacial score (nSPS) is 11.7. The molecule has 2 amide bonds. The SMILES string of the molecule is CCC(C(=O)NC)N(CCc1ccccc1)C(=O)CSCc1c(F)cccc1Cl. The molecule has 29 heavy (non-hydrogen) atoms. The molecule has 7 heteroatoms. The van der Waals surface area contributed by atoms with Crippen LogP contribution in [0.1, 0.15) is 24.5 Å². The van der Waals surface area contributed by atoms with Crippen LogP contribution < -0.4 is 5.32 Å². The summed E-state index contributed by atoms with van der Waals surface area (Å²) in [5.41, 5.74) is 1.49. The van der Waals surface area contributed by atoms with Crippen molar-refractivity contribution < 1.29 is 14.0 Å². The monoisotopic (exact) mass is 436 g/mol. The van der Waals surface area contributed by atoms with Gasteiger partial charge >= 0.3 is 0 Å². The van der Waals surface area contributed by atoms with Crippen LogP contribution in [0.2, 0.25) is 5.02 Å². The van der Waals surface area contributed by atoms with E-state index in [0.717, 1.165) is 5.56 Å². The Bertz CT molecular complexity index is 799. The molecule has 0 spiro atoms. The molecule has 2 aromatic carbocycles. The lowest BCUT2D eigenvalue weighted by atomic mass is 10.1. The van der Waals surface area contributed by atoms with Gasteiger partial charge in [0.05, 0.1) is 5.75 Å². The second-order valence-corrected chi connectivity index (χ2v) is 7.95. The van der Waals surface area contributed by atoms with E-state index >= 15 is 0 Å². The van der Waals surface area contributed by atoms with Crippen molar-refractivity contribution in [1.82, 2.24) is 10.2 Å². The third-order valence-corrected chi connectivity index (χ3v) is 5.95. The number of benzene rings is 2. The molecular weight excluding hydrogens is 411 g/mol. The van der Waals surface area contributed by atoms with Gasteiger partial charge < -0.3 is 10.2 Å². The van der Waals surface area contributed by atoms with E-state index in [4.69, 9.17) is 11.6 Å². The van der Waals surface area contributed by atoms with E-state index in [-0.39, 0.29) is 23.4 Å². The van der Waals surface area contributed by atoms with Crippen molar-refractivity contribution >= 4 is 35.2 Å². The number of thioether (sulfide) groups is 1. The Hall–Kier alpha value is -2.05. The second-order valence-electron chi connectivity index (χ2n) is 6.55. The highest BCUT2D eigenvalue weighted by atomic mass is 35.5. The molecule has 1 N–H and O–H groups in total. The Morgan fingerprint density at radius 2 is 1.90 bits per heavy atom. The van der Waals surface area contributed by atoms with E-state index in [2.05, 4.69) is 5.32 Å². The number of hydrogen-bond acceptors (Lipinski definition) is 3. The van der Waals surface area contributed by atoms with Gasteiger partial charge in [0.1, 0.15) is 11.9 Å². The predicted molar refractivity (Wildman–Crippen MR) is 118 cm³/mol. The van der Waals surface area contributed by atoms with Crippen LogP contribution in [0.5, 0.6) is 0 Å². The molecule has 0 aromatic heterocycles. The summed E-state index contributed by atoms with van der Waals surface area (Å²) >= 11 is 7.35. The van der Waals surface area contributed by atoms with Gasteiger partial charge in [0.25, 0.3) is 0 Å². The van der Waals surface area contributed by atoms with Gasteiger partial charge in [-0.05, 0) is 30.5 Å². The number of rotatable bonds is 10. The Kier molecular flexibility index (Phi) is 9.48. The summed E-state index contributed by atoms with van der Waals surface area (Å²) in [5.74, 6) is -0.270. The molecule has 0 aliphatic rings. The highest BCUT2D eigenvalue weighted by Gasteiger charge is 2.27. The van der Waals surface area contributed by atoms with Crippen molar-refractivity contribution in [2.45, 2.75) is 31.6 Å². The fraction of sp³-hybridized carbons (Fsp3) is 0.364. The minimum atomic E-state index is -0.533. The first-order chi connectivity index (χ1) is 14.0. The van der Waals surface area contributed by atoms with Crippen LogP contribution in [0.25, 0.3) is 0 Å². The number of halogens is 2. The van der Waals surface area contributed by atoms with Crippen molar-refractivity contribution in [3.63, 3.8) is 0 Å². The lowest BCUT2D eigenvalue weighted by molar-refractivity contribution is -0.138. The van der Waals surface area contributed by atoms with Crippen molar-refractivity contribution in [1.29, 1.82) is 0 Å². The van der Waals surface area contributed by atoms with Gasteiger partial charge in [0.2, 0.25) is 11.8 Å². The maximum Gasteiger partial charge on any atom is 0.242 e. The van der Waals surface area contributed by atoms with Crippen LogP contribution >= 0.6 is 23.4 Å². The molecule has 2 rings (SSSR count). The van der Waals surface area contributed by atoms with Crippen LogP contribution in [0.15, 0.2) is 48.5 Å². The smallest absolute Gasteiger partial charge is 0.242 e. The van der Waals surface area contributed by atoms with E-state index in [1.807, 2.05) is 37.3 Å². The van der Waals surface area contributed by atoms with Crippen molar-refractivity contribution in [3.8, 4) is 0 Å². The highest BCUT2D eigenvalue weighted by Crippen LogP contribution is 2.24. The first-order valence-corrected chi connectivity index (χ1v) is 11.1. The average molecular weight is 437 g/mol. The van der Waals surface area contributed by atoms with Gasteiger partial charge in [-0.2, -0.15) is 0 Å². The highest BCUT2D eigenvalue weighted by molar-refractivity contribution is 7.99. The maximum atomic E-state index is 13.9. The van der Waals surface area contributed by atoms with Crippen LogP contribution in [0.4, 0.5) is 4.39 Å². The first kappa shape index (κ1) is 23.2. The molecule has 0 aliphatic carbocycles. The molecular formula is C22H26ClFN2O2S. The first-order valence-electron chi connectivity index (χ1n) is 9.53. The van der Waals surface area contributed by atoms with E-state index < -0.39 is 6.04 Å². The third kappa shape index (κ3) is 6.75. The Morgan fingerprint density at radius 1 is 1.17 bits per heavy atom. The van der Waals surface area contributed by atoms with Gasteiger partial charge in [0.15, 0.2) is 0 Å². The molecule has 0 heterocycles. The zero-order valence-electron chi connectivity index (χ0n) is 16.7. The van der Waals surface area contributed by atoms with Crippen LogP contribution in [-0.4, -0.2) is 42.1 Å². The fourth-order valence-corrected chi connectivity index (χ4v) is 4.31. The number of likely N-dealkylation sites (N-methyl/N-ethyl adjacent to an activating group) is 1. The summed E-state index contributed by atoms with van der Waals surface area (Å²) in [6.07, 6.45) is 1.17. The number of carbonyl (C=O) groups excluding carboxylic acids is 2. The van der Waals surface area contributed by atoms with Gasteiger partial charge in [-0.15, -0.1) is 11.8 Å². The topological polar surface area (TPSA) is 49.4 Å². The van der Waals surface area contributed by atoms with Crippen LogP contribution in [0, 0.1) is 5.82 Å². The summed E-state index contributed by atoms with van der Waals surface area (Å²) in [7, 11) is 1.57. The number of nitrogens with one attached hydrogen (secondary N) is 1. The summed E-state index contributed by atoms with van der Waals surface area (Å²) in [6.45, 7) is 2.32. The number of carbonyl (C=O) groups is 2. The lowest BCUT2D eigenvalue weighted by Gasteiger charge is -2.30. The lowest BCUT2D eigenvalue weighted by Crippen LogP contribution is -2.50. The molecule has 0 saturated heterocycles. The molecule has 0 radical (unpaired) electrons. The summed E-state index contributed by atoms with van der Waals surface area (Å²) < 4.78 is 13.9. The van der Waals surface area contributed by atoms with Gasteiger partial charge in [-0.25, -0.2) is 4.39 Å². The molecule has 0 bridgehead atoms. The van der Waals surface area contributed by atoms with Crippen molar-refractivity contribution in [2.24, 2.45) is 0 Å². The number of hydrogen-bond donors (Lipinski definition) is 1. The summed E-state index contributed by atoms with van der Waals surface area (Å²) in [4.78, 5) is 26.9. The van der Waals surface area contributed by atoms with Gasteiger partial charge in [-0.1, -0.05) is 54.9 Å². The van der Waals surface area contributed by atoms with Crippen LogP contribution in [-0.2, 0) is 21.8 Å². The molecule has 2 aromatic rings. The fourth-order valence-electron chi connectivity index (χ4n) is 3.06.